The number of carbonyl (C=O) groups excluding carboxylic acids is 1. The first-order chi connectivity index (χ1) is 10.3. The highest BCUT2D eigenvalue weighted by Gasteiger charge is 2.24. The maximum Gasteiger partial charge on any atom is 0.317 e. The number of carbonyl (C=O) groups is 1. The minimum absolute atomic E-state index is 0.0516. The second kappa shape index (κ2) is 6.88. The molecule has 2 N–H and O–H groups in total. The van der Waals surface area contributed by atoms with Crippen molar-refractivity contribution in [1.29, 1.82) is 0 Å². The van der Waals surface area contributed by atoms with Crippen molar-refractivity contribution in [2.75, 3.05) is 13.1 Å². The molecule has 0 spiro atoms. The van der Waals surface area contributed by atoms with Crippen LogP contribution in [0, 0.1) is 5.41 Å². The van der Waals surface area contributed by atoms with Gasteiger partial charge < -0.3 is 15.3 Å². The number of hydrogen-bond donors (Lipinski definition) is 2. The van der Waals surface area contributed by atoms with Crippen LogP contribution in [0.1, 0.15) is 38.3 Å². The number of urea groups is 1. The molecule has 0 radical (unpaired) electrons. The Morgan fingerprint density at radius 1 is 1.45 bits per heavy atom. The highest BCUT2D eigenvalue weighted by molar-refractivity contribution is 6.30. The number of rotatable bonds is 4. The summed E-state index contributed by atoms with van der Waals surface area (Å²) in [6.07, 6.45) is 1.15. The third-order valence-electron chi connectivity index (χ3n) is 4.03. The molecule has 22 heavy (non-hydrogen) atoms. The highest BCUT2D eigenvalue weighted by atomic mass is 35.5. The number of aliphatic hydroxyl groups is 1. The van der Waals surface area contributed by atoms with E-state index in [0.717, 1.165) is 18.5 Å². The number of halogens is 1. The summed E-state index contributed by atoms with van der Waals surface area (Å²) in [6, 6.07) is 5.82. The van der Waals surface area contributed by atoms with Crippen LogP contribution in [0.5, 0.6) is 0 Å². The van der Waals surface area contributed by atoms with E-state index in [4.69, 9.17) is 11.6 Å². The largest absolute Gasteiger partial charge is 0.393 e. The first-order valence-corrected chi connectivity index (χ1v) is 8.13. The molecule has 1 aromatic rings. The predicted octanol–water partition coefficient (Wildman–Crippen LogP) is 3.20. The molecule has 1 aliphatic rings. The third-order valence-corrected chi connectivity index (χ3v) is 4.27. The number of benzene rings is 1. The summed E-state index contributed by atoms with van der Waals surface area (Å²) in [5.74, 6) is 0. The molecule has 0 bridgehead atoms. The molecule has 1 heterocycles. The number of nitrogens with zero attached hydrogens (tertiary/aromatic N) is 1. The summed E-state index contributed by atoms with van der Waals surface area (Å²) in [5.41, 5.74) is 2.26. The minimum atomic E-state index is -0.365. The average molecular weight is 325 g/mol. The van der Waals surface area contributed by atoms with Crippen molar-refractivity contribution in [2.45, 2.75) is 46.3 Å². The molecular weight excluding hydrogens is 300 g/mol. The first-order valence-electron chi connectivity index (χ1n) is 7.75. The van der Waals surface area contributed by atoms with E-state index in [0.29, 0.717) is 24.5 Å². The van der Waals surface area contributed by atoms with Gasteiger partial charge in [-0.1, -0.05) is 31.5 Å². The number of hydrogen-bond acceptors (Lipinski definition) is 2. The Balaban J connectivity index is 1.92. The molecule has 2 rings (SSSR count). The SMILES string of the molecule is CC(O)CC(C)(C)CNC(=O)N1CCc2ccc(Cl)cc2C1. The molecule has 1 aliphatic heterocycles. The molecular formula is C17H25ClN2O2. The fraction of sp³-hybridized carbons (Fsp3) is 0.588. The Morgan fingerprint density at radius 2 is 2.18 bits per heavy atom. The van der Waals surface area contributed by atoms with Crippen LogP contribution in [0.3, 0.4) is 0 Å². The van der Waals surface area contributed by atoms with Gasteiger partial charge in [0.15, 0.2) is 0 Å². The average Bonchev–Trinajstić information content (AvgIpc) is 2.42. The number of fused-ring (bicyclic) bond motifs is 1. The zero-order valence-corrected chi connectivity index (χ0v) is 14.3. The minimum Gasteiger partial charge on any atom is -0.393 e. The number of nitrogens with one attached hydrogen (secondary N) is 1. The summed E-state index contributed by atoms with van der Waals surface area (Å²) < 4.78 is 0. The lowest BCUT2D eigenvalue weighted by molar-refractivity contribution is 0.126. The van der Waals surface area contributed by atoms with Crippen molar-refractivity contribution in [1.82, 2.24) is 10.2 Å². The summed E-state index contributed by atoms with van der Waals surface area (Å²) in [6.45, 7) is 7.73. The van der Waals surface area contributed by atoms with E-state index < -0.39 is 0 Å². The van der Waals surface area contributed by atoms with Gasteiger partial charge in [0.05, 0.1) is 6.10 Å². The van der Waals surface area contributed by atoms with E-state index in [1.807, 2.05) is 36.9 Å². The lowest BCUT2D eigenvalue weighted by Gasteiger charge is -2.32. The monoisotopic (exact) mass is 324 g/mol. The zero-order valence-electron chi connectivity index (χ0n) is 13.5. The van der Waals surface area contributed by atoms with Gasteiger partial charge in [0.1, 0.15) is 0 Å². The van der Waals surface area contributed by atoms with E-state index in [1.54, 1.807) is 6.92 Å². The number of amides is 2. The van der Waals surface area contributed by atoms with Crippen LogP contribution in [-0.2, 0) is 13.0 Å². The van der Waals surface area contributed by atoms with Crippen LogP contribution in [0.25, 0.3) is 0 Å². The second-order valence-corrected chi connectivity index (χ2v) is 7.40. The highest BCUT2D eigenvalue weighted by Crippen LogP contribution is 2.24. The molecule has 0 saturated carbocycles. The molecule has 122 valence electrons. The molecule has 4 nitrogen and oxygen atoms in total. The van der Waals surface area contributed by atoms with Gasteiger partial charge in [-0.25, -0.2) is 4.79 Å². The van der Waals surface area contributed by atoms with Gasteiger partial charge in [-0.2, -0.15) is 0 Å². The van der Waals surface area contributed by atoms with Crippen molar-refractivity contribution in [2.24, 2.45) is 5.41 Å². The third kappa shape index (κ3) is 4.62. The maximum absolute atomic E-state index is 12.3. The number of aliphatic hydroxyl groups excluding tert-OH is 1. The van der Waals surface area contributed by atoms with E-state index >= 15 is 0 Å². The lowest BCUT2D eigenvalue weighted by Crippen LogP contribution is -2.45. The molecule has 1 unspecified atom stereocenters. The molecule has 0 aromatic heterocycles. The van der Waals surface area contributed by atoms with Crippen LogP contribution in [0.4, 0.5) is 4.79 Å². The maximum atomic E-state index is 12.3. The van der Waals surface area contributed by atoms with Gasteiger partial charge in [-0.15, -0.1) is 0 Å². The van der Waals surface area contributed by atoms with Crippen molar-refractivity contribution in [3.05, 3.63) is 34.3 Å². The van der Waals surface area contributed by atoms with Gasteiger partial charge in [0.2, 0.25) is 0 Å². The van der Waals surface area contributed by atoms with Crippen molar-refractivity contribution >= 4 is 17.6 Å². The smallest absolute Gasteiger partial charge is 0.317 e. The molecule has 2 amide bonds. The van der Waals surface area contributed by atoms with Crippen molar-refractivity contribution in [3.8, 4) is 0 Å². The fourth-order valence-corrected chi connectivity index (χ4v) is 3.19. The summed E-state index contributed by atoms with van der Waals surface area (Å²) >= 11 is 6.03. The Kier molecular flexibility index (Phi) is 5.35. The van der Waals surface area contributed by atoms with Gasteiger partial charge >= 0.3 is 6.03 Å². The summed E-state index contributed by atoms with van der Waals surface area (Å²) in [4.78, 5) is 14.2. The molecule has 0 fully saturated rings. The Hall–Kier alpha value is -1.26. The van der Waals surface area contributed by atoms with Crippen molar-refractivity contribution < 1.29 is 9.90 Å². The van der Waals surface area contributed by atoms with Gasteiger partial charge in [0, 0.05) is 24.7 Å². The molecule has 5 heteroatoms. The zero-order chi connectivity index (χ0) is 16.3. The molecule has 1 atom stereocenters. The predicted molar refractivity (Wildman–Crippen MR) is 89.0 cm³/mol. The first kappa shape index (κ1) is 17.1. The molecule has 0 aliphatic carbocycles. The summed E-state index contributed by atoms with van der Waals surface area (Å²) in [7, 11) is 0. The normalized spacial score (nSPS) is 16.1. The van der Waals surface area contributed by atoms with Crippen LogP contribution in [-0.4, -0.2) is 35.2 Å². The summed E-state index contributed by atoms with van der Waals surface area (Å²) in [5, 5.41) is 13.2. The quantitative estimate of drug-likeness (QED) is 0.893. The second-order valence-electron chi connectivity index (χ2n) is 6.96. The van der Waals surface area contributed by atoms with E-state index in [-0.39, 0.29) is 17.6 Å². The van der Waals surface area contributed by atoms with E-state index in [1.165, 1.54) is 5.56 Å². The Morgan fingerprint density at radius 3 is 2.86 bits per heavy atom. The fourth-order valence-electron chi connectivity index (χ4n) is 3.00. The lowest BCUT2D eigenvalue weighted by atomic mass is 9.87. The van der Waals surface area contributed by atoms with Gasteiger partial charge in [-0.3, -0.25) is 0 Å². The van der Waals surface area contributed by atoms with Crippen molar-refractivity contribution in [3.63, 3.8) is 0 Å². The van der Waals surface area contributed by atoms with E-state index in [2.05, 4.69) is 5.32 Å². The topological polar surface area (TPSA) is 52.6 Å². The van der Waals surface area contributed by atoms with Crippen LogP contribution in [0.2, 0.25) is 5.02 Å². The molecule has 1 aromatic carbocycles. The van der Waals surface area contributed by atoms with Crippen LogP contribution < -0.4 is 5.32 Å². The Bertz CT molecular complexity index is 543. The van der Waals surface area contributed by atoms with E-state index in [9.17, 15) is 9.90 Å². The molecule has 0 saturated heterocycles. The van der Waals surface area contributed by atoms with Crippen LogP contribution in [0.15, 0.2) is 18.2 Å². The van der Waals surface area contributed by atoms with Crippen LogP contribution >= 0.6 is 11.6 Å². The Labute approximate surface area is 137 Å². The van der Waals surface area contributed by atoms with Gasteiger partial charge in [-0.05, 0) is 48.4 Å². The standard InChI is InChI=1S/C17H25ClN2O2/c1-12(21)9-17(2,3)11-19-16(22)20-7-6-13-4-5-15(18)8-14(13)10-20/h4-5,8,12,21H,6-7,9-11H2,1-3H3,(H,19,22). The van der Waals surface area contributed by atoms with Gasteiger partial charge in [0.25, 0.3) is 0 Å².